The molecule has 0 unspecified atom stereocenters. The lowest BCUT2D eigenvalue weighted by atomic mass is 10.2. The molecule has 6 heteroatoms. The van der Waals surface area contributed by atoms with Crippen molar-refractivity contribution in [3.63, 3.8) is 0 Å². The fourth-order valence-corrected chi connectivity index (χ4v) is 2.24. The minimum Gasteiger partial charge on any atom is -0.227 e. The van der Waals surface area contributed by atoms with Gasteiger partial charge in [-0.3, -0.25) is 0 Å². The molecule has 0 aliphatic rings. The van der Waals surface area contributed by atoms with Crippen LogP contribution in [0.2, 0.25) is 5.02 Å². The first kappa shape index (κ1) is 11.6. The summed E-state index contributed by atoms with van der Waals surface area (Å²) in [6.45, 7) is 0. The van der Waals surface area contributed by atoms with E-state index in [1.54, 1.807) is 18.6 Å². The summed E-state index contributed by atoms with van der Waals surface area (Å²) in [5, 5.41) is 5.00. The van der Waals surface area contributed by atoms with E-state index in [-0.39, 0.29) is 0 Å². The van der Waals surface area contributed by atoms with E-state index < -0.39 is 0 Å². The minimum atomic E-state index is 0.503. The van der Waals surface area contributed by atoms with Gasteiger partial charge in [-0.1, -0.05) is 45.2 Å². The number of rotatable bonds is 2. The Balaban J connectivity index is 2.37. The Hall–Kier alpha value is -0.840. The van der Waals surface area contributed by atoms with E-state index in [2.05, 4.69) is 26.0 Å². The third-order valence-electron chi connectivity index (χ3n) is 1.87. The quantitative estimate of drug-likeness (QED) is 0.841. The van der Waals surface area contributed by atoms with Gasteiger partial charge in [0.15, 0.2) is 0 Å². The Morgan fingerprint density at radius 1 is 1.44 bits per heavy atom. The molecule has 82 valence electrons. The van der Waals surface area contributed by atoms with Crippen molar-refractivity contribution in [2.45, 2.75) is 0 Å². The highest BCUT2D eigenvalue weighted by atomic mass is 79.9. The fourth-order valence-electron chi connectivity index (χ4n) is 1.15. The number of benzene rings is 1. The Labute approximate surface area is 111 Å². The molecule has 1 aromatic heterocycles. The second-order valence-electron chi connectivity index (χ2n) is 2.98. The van der Waals surface area contributed by atoms with Gasteiger partial charge in [0.2, 0.25) is 0 Å². The Morgan fingerprint density at radius 3 is 2.88 bits per heavy atom. The van der Waals surface area contributed by atoms with Gasteiger partial charge in [0.25, 0.3) is 0 Å². The maximum Gasteiger partial charge on any atom is 0.138 e. The lowest BCUT2D eigenvalue weighted by Gasteiger charge is -2.03. The van der Waals surface area contributed by atoms with E-state index in [1.165, 1.54) is 11.0 Å². The van der Waals surface area contributed by atoms with E-state index in [0.29, 0.717) is 10.1 Å². The topological polar surface area (TPSA) is 30.7 Å². The summed E-state index contributed by atoms with van der Waals surface area (Å²) in [4.78, 5) is 3.81. The van der Waals surface area contributed by atoms with Crippen molar-refractivity contribution in [3.8, 4) is 0 Å². The zero-order valence-corrected chi connectivity index (χ0v) is 11.0. The molecule has 3 nitrogen and oxygen atoms in total. The van der Waals surface area contributed by atoms with E-state index in [1.807, 2.05) is 12.1 Å². The monoisotopic (exact) mass is 317 g/mol. The van der Waals surface area contributed by atoms with Gasteiger partial charge in [0, 0.05) is 16.2 Å². The smallest absolute Gasteiger partial charge is 0.138 e. The van der Waals surface area contributed by atoms with Crippen LogP contribution in [-0.2, 0) is 0 Å². The van der Waals surface area contributed by atoms with Gasteiger partial charge in [-0.05, 0) is 12.1 Å². The van der Waals surface area contributed by atoms with Gasteiger partial charge in [-0.15, -0.1) is 0 Å². The largest absolute Gasteiger partial charge is 0.227 e. The molecular formula is C10H6BrCl2N3. The van der Waals surface area contributed by atoms with Crippen LogP contribution >= 0.6 is 39.1 Å². The third-order valence-corrected chi connectivity index (χ3v) is 2.98. The van der Waals surface area contributed by atoms with Crippen LogP contribution in [0.3, 0.4) is 0 Å². The third kappa shape index (κ3) is 2.64. The first-order valence-electron chi connectivity index (χ1n) is 4.33. The molecule has 1 aromatic carbocycles. The van der Waals surface area contributed by atoms with Crippen molar-refractivity contribution >= 4 is 50.4 Å². The molecule has 0 saturated carbocycles. The molecule has 0 amide bonds. The Kier molecular flexibility index (Phi) is 3.63. The van der Waals surface area contributed by atoms with Crippen molar-refractivity contribution in [3.05, 3.63) is 45.9 Å². The average Bonchev–Trinajstić information content (AvgIpc) is 2.70. The van der Waals surface area contributed by atoms with Crippen LogP contribution in [0.1, 0.15) is 5.56 Å². The molecule has 2 rings (SSSR count). The standard InChI is InChI=1S/C10H6BrCl2N3/c11-7-1-2-8(9(12)3-7)10(13)4-16-6-14-5-15-16/h1-6H/b10-4-. The first-order valence-corrected chi connectivity index (χ1v) is 5.88. The van der Waals surface area contributed by atoms with Crippen molar-refractivity contribution in [1.29, 1.82) is 0 Å². The van der Waals surface area contributed by atoms with Crippen molar-refractivity contribution in [2.75, 3.05) is 0 Å². The van der Waals surface area contributed by atoms with E-state index in [0.717, 1.165) is 10.0 Å². The number of hydrogen-bond donors (Lipinski definition) is 0. The van der Waals surface area contributed by atoms with Crippen LogP contribution in [0, 0.1) is 0 Å². The second kappa shape index (κ2) is 4.99. The van der Waals surface area contributed by atoms with E-state index >= 15 is 0 Å². The summed E-state index contributed by atoms with van der Waals surface area (Å²) in [5.74, 6) is 0. The fraction of sp³-hybridized carbons (Fsp3) is 0. The van der Waals surface area contributed by atoms with Crippen LogP contribution < -0.4 is 0 Å². The Morgan fingerprint density at radius 2 is 2.25 bits per heavy atom. The van der Waals surface area contributed by atoms with E-state index in [9.17, 15) is 0 Å². The molecule has 2 aromatic rings. The normalized spacial score (nSPS) is 11.8. The molecule has 0 aliphatic carbocycles. The number of nitrogens with zero attached hydrogens (tertiary/aromatic N) is 3. The maximum atomic E-state index is 6.13. The van der Waals surface area contributed by atoms with Crippen molar-refractivity contribution in [1.82, 2.24) is 14.8 Å². The molecule has 1 heterocycles. The highest BCUT2D eigenvalue weighted by molar-refractivity contribution is 9.10. The Bertz CT molecular complexity index is 523. The summed E-state index contributed by atoms with van der Waals surface area (Å²) >= 11 is 15.5. The SMILES string of the molecule is Cl/C(=C\n1cncn1)c1ccc(Br)cc1Cl. The predicted molar refractivity (Wildman–Crippen MR) is 69.2 cm³/mol. The summed E-state index contributed by atoms with van der Waals surface area (Å²) < 4.78 is 2.42. The average molecular weight is 319 g/mol. The van der Waals surface area contributed by atoms with Gasteiger partial charge in [-0.2, -0.15) is 5.10 Å². The van der Waals surface area contributed by atoms with Crippen LogP contribution in [0.4, 0.5) is 0 Å². The molecule has 0 spiro atoms. The maximum absolute atomic E-state index is 6.13. The lowest BCUT2D eigenvalue weighted by molar-refractivity contribution is 0.936. The number of hydrogen-bond acceptors (Lipinski definition) is 2. The van der Waals surface area contributed by atoms with E-state index in [4.69, 9.17) is 23.2 Å². The van der Waals surface area contributed by atoms with Crippen LogP contribution in [0.25, 0.3) is 11.2 Å². The van der Waals surface area contributed by atoms with Crippen molar-refractivity contribution in [2.24, 2.45) is 0 Å². The molecule has 0 radical (unpaired) electrons. The molecule has 0 atom stereocenters. The molecular weight excluding hydrogens is 313 g/mol. The lowest BCUT2D eigenvalue weighted by Crippen LogP contribution is -1.88. The first-order chi connectivity index (χ1) is 7.66. The van der Waals surface area contributed by atoms with Crippen LogP contribution in [0.15, 0.2) is 35.3 Å². The predicted octanol–water partition coefficient (Wildman–Crippen LogP) is 3.89. The van der Waals surface area contributed by atoms with Gasteiger partial charge in [0.05, 0.1) is 10.1 Å². The summed E-state index contributed by atoms with van der Waals surface area (Å²) in [5.41, 5.74) is 0.752. The summed E-state index contributed by atoms with van der Waals surface area (Å²) in [6, 6.07) is 5.50. The molecule has 16 heavy (non-hydrogen) atoms. The second-order valence-corrected chi connectivity index (χ2v) is 4.71. The minimum absolute atomic E-state index is 0.503. The zero-order valence-electron chi connectivity index (χ0n) is 7.94. The molecule has 0 bridgehead atoms. The molecule has 0 saturated heterocycles. The zero-order chi connectivity index (χ0) is 11.5. The van der Waals surface area contributed by atoms with Gasteiger partial charge >= 0.3 is 0 Å². The highest BCUT2D eigenvalue weighted by Gasteiger charge is 2.05. The van der Waals surface area contributed by atoms with Crippen LogP contribution in [0.5, 0.6) is 0 Å². The molecule has 0 aliphatic heterocycles. The number of halogens is 3. The van der Waals surface area contributed by atoms with Gasteiger partial charge in [-0.25, -0.2) is 9.67 Å². The summed E-state index contributed by atoms with van der Waals surface area (Å²) in [7, 11) is 0. The molecule has 0 fully saturated rings. The van der Waals surface area contributed by atoms with Crippen LogP contribution in [-0.4, -0.2) is 14.8 Å². The highest BCUT2D eigenvalue weighted by Crippen LogP contribution is 2.29. The number of aromatic nitrogens is 3. The van der Waals surface area contributed by atoms with Crippen molar-refractivity contribution < 1.29 is 0 Å². The van der Waals surface area contributed by atoms with Gasteiger partial charge < -0.3 is 0 Å². The van der Waals surface area contributed by atoms with Gasteiger partial charge in [0.1, 0.15) is 12.7 Å². The summed E-state index contributed by atoms with van der Waals surface area (Å²) in [6.07, 6.45) is 4.63. The molecule has 0 N–H and O–H groups in total.